The minimum absolute atomic E-state index is 0.0202. The molecule has 5 aromatic rings. The lowest BCUT2D eigenvalue weighted by Crippen LogP contribution is -2.55. The first kappa shape index (κ1) is 50.2. The summed E-state index contributed by atoms with van der Waals surface area (Å²) in [6.45, 7) is 12.7. The molecule has 15 nitrogen and oxygen atoms in total. The minimum Gasteiger partial charge on any atom is -0.494 e. The van der Waals surface area contributed by atoms with Crippen molar-refractivity contribution in [1.82, 2.24) is 30.1 Å². The van der Waals surface area contributed by atoms with Gasteiger partial charge in [-0.15, -0.1) is 0 Å². The summed E-state index contributed by atoms with van der Waals surface area (Å²) >= 11 is 3.54. The molecule has 0 aliphatic carbocycles. The first-order chi connectivity index (χ1) is 34.0. The van der Waals surface area contributed by atoms with Gasteiger partial charge in [0.15, 0.2) is 5.82 Å². The number of hydrogen-bond acceptors (Lipinski definition) is 13. The number of piperazine rings is 1. The lowest BCUT2D eigenvalue weighted by Gasteiger charge is -2.44. The van der Waals surface area contributed by atoms with Crippen molar-refractivity contribution in [3.63, 3.8) is 0 Å². The van der Waals surface area contributed by atoms with Crippen LogP contribution in [0, 0.1) is 23.4 Å². The molecule has 20 heteroatoms. The monoisotopic (exact) mass is 1060 g/mol. The average Bonchev–Trinajstić information content (AvgIpc) is 3.85. The van der Waals surface area contributed by atoms with Crippen LogP contribution in [0.2, 0.25) is 0 Å². The molecule has 4 saturated heterocycles. The molecule has 2 aromatic heterocycles. The number of hydrogen-bond donors (Lipinski definition) is 3. The number of aryl methyl sites for hydroxylation is 2. The van der Waals surface area contributed by atoms with Gasteiger partial charge in [0.2, 0.25) is 23.7 Å². The van der Waals surface area contributed by atoms with Crippen molar-refractivity contribution in [2.75, 3.05) is 93.2 Å². The Morgan fingerprint density at radius 1 is 0.859 bits per heavy atom. The number of ether oxygens (including phenoxy) is 1. The number of amides is 3. The van der Waals surface area contributed by atoms with Crippen molar-refractivity contribution in [3.8, 4) is 5.75 Å². The van der Waals surface area contributed by atoms with Crippen LogP contribution in [-0.4, -0.2) is 121 Å². The molecule has 3 amide bonds. The Kier molecular flexibility index (Phi) is 14.7. The summed E-state index contributed by atoms with van der Waals surface area (Å²) in [5, 5.41) is 9.71. The van der Waals surface area contributed by atoms with Crippen LogP contribution in [0.25, 0.3) is 10.9 Å². The summed E-state index contributed by atoms with van der Waals surface area (Å²) in [5.74, 6) is -3.39. The molecule has 0 unspecified atom stereocenters. The smallest absolute Gasteiger partial charge is 0.234 e. The lowest BCUT2D eigenvalue weighted by atomic mass is 9.89. The number of methoxy groups -OCH3 is 1. The van der Waals surface area contributed by atoms with Crippen molar-refractivity contribution in [3.05, 3.63) is 87.4 Å². The van der Waals surface area contributed by atoms with Crippen molar-refractivity contribution >= 4 is 91.5 Å². The number of benzene rings is 3. The summed E-state index contributed by atoms with van der Waals surface area (Å²) in [7, 11) is -1.32. The van der Waals surface area contributed by atoms with Crippen molar-refractivity contribution in [2.24, 2.45) is 5.92 Å². The molecule has 3 N–H and O–H groups in total. The summed E-state index contributed by atoms with van der Waals surface area (Å²) in [6, 6.07) is 11.9. The van der Waals surface area contributed by atoms with Crippen LogP contribution < -0.4 is 35.8 Å². The first-order valence-corrected chi connectivity index (χ1v) is 27.7. The molecule has 2 atom stereocenters. The molecule has 4 aliphatic rings. The molecule has 376 valence electrons. The van der Waals surface area contributed by atoms with Gasteiger partial charge in [0.25, 0.3) is 0 Å². The van der Waals surface area contributed by atoms with Crippen molar-refractivity contribution in [2.45, 2.75) is 70.8 Å². The molecule has 0 bridgehead atoms. The third-order valence-electron chi connectivity index (χ3n) is 14.4. The highest BCUT2D eigenvalue weighted by atomic mass is 79.9. The van der Waals surface area contributed by atoms with Crippen molar-refractivity contribution < 1.29 is 36.9 Å². The molecule has 3 aromatic carbocycles. The quantitative estimate of drug-likeness (QED) is 0.0764. The van der Waals surface area contributed by atoms with Gasteiger partial charge in [0.1, 0.15) is 35.9 Å². The molecule has 0 spiro atoms. The molecule has 6 heterocycles. The van der Waals surface area contributed by atoms with Gasteiger partial charge in [-0.3, -0.25) is 24.6 Å². The van der Waals surface area contributed by atoms with Gasteiger partial charge < -0.3 is 34.6 Å². The molecule has 71 heavy (non-hydrogen) atoms. The number of carbonyl (C=O) groups is 3. The number of anilines is 6. The van der Waals surface area contributed by atoms with Crippen molar-refractivity contribution in [1.29, 1.82) is 0 Å². The number of nitrogens with one attached hydrogen (secondary N) is 3. The number of pyridine rings is 1. The number of piperidine rings is 2. The molecule has 0 saturated carbocycles. The molecule has 0 radical (unpaired) electrons. The summed E-state index contributed by atoms with van der Waals surface area (Å²) in [4.78, 5) is 60.1. The average molecular weight is 1060 g/mol. The fraction of sp³-hybridized carbons (Fsp3) is 0.451. The standard InChI is InChI=1S/C51H59BrF3N10O5P/c1-6-29-22-40(59-51-56-27-36(52)48(61-51)58-41-25-39(55)46-35(47(41)71(4,5)69)9-8-31(7-2)57-46)43(70-3)26-42(29)63-16-13-32(14-17-63)62-18-20-64(21-19-62)50(68)30-12-15-65(28-30)33-23-37(53)45(38(54)24-33)34-10-11-44(66)60-49(34)67/h8-9,22-27,30,32,34H,6-7,10-21,28H2,1-5H3,(H,60,66,67)(H2,56,58,59,61)/t30-,34-/m1/s1. The molecular weight excluding hydrogens is 1000 g/mol. The zero-order chi connectivity index (χ0) is 50.3. The number of fused-ring (bicyclic) bond motifs is 1. The summed E-state index contributed by atoms with van der Waals surface area (Å²) in [5.41, 5.74) is 4.17. The zero-order valence-corrected chi connectivity index (χ0v) is 43.1. The number of aromatic nitrogens is 3. The maximum atomic E-state index is 15.6. The highest BCUT2D eigenvalue weighted by molar-refractivity contribution is 9.10. The Balaban J connectivity index is 0.804. The number of rotatable bonds is 13. The highest BCUT2D eigenvalue weighted by Crippen LogP contribution is 2.43. The van der Waals surface area contributed by atoms with Gasteiger partial charge in [-0.2, -0.15) is 4.98 Å². The maximum absolute atomic E-state index is 15.6. The van der Waals surface area contributed by atoms with Crippen LogP contribution in [0.4, 0.5) is 47.7 Å². The summed E-state index contributed by atoms with van der Waals surface area (Å²) in [6.07, 6.45) is 5.56. The number of nitrogens with zero attached hydrogens (tertiary/aromatic N) is 7. The van der Waals surface area contributed by atoms with Gasteiger partial charge in [0.05, 0.1) is 34.8 Å². The lowest BCUT2D eigenvalue weighted by molar-refractivity contribution is -0.137. The Morgan fingerprint density at radius 3 is 2.24 bits per heavy atom. The molecule has 9 rings (SSSR count). The molecule has 4 aliphatic heterocycles. The number of halogens is 4. The molecular formula is C51H59BrF3N10O5P. The number of imide groups is 1. The topological polar surface area (TPSA) is 165 Å². The predicted octanol–water partition coefficient (Wildman–Crippen LogP) is 8.23. The Bertz CT molecular complexity index is 2920. The van der Waals surface area contributed by atoms with Crippen LogP contribution in [0.15, 0.2) is 53.1 Å². The van der Waals surface area contributed by atoms with Gasteiger partial charge in [-0.1, -0.05) is 19.9 Å². The van der Waals surface area contributed by atoms with E-state index >= 15 is 13.2 Å². The second-order valence-electron chi connectivity index (χ2n) is 19.2. The van der Waals surface area contributed by atoms with Gasteiger partial charge in [0, 0.05) is 116 Å². The normalized spacial score (nSPS) is 19.4. The fourth-order valence-electron chi connectivity index (χ4n) is 10.7. The van der Waals surface area contributed by atoms with Crippen LogP contribution >= 0.6 is 23.1 Å². The third-order valence-corrected chi connectivity index (χ3v) is 16.5. The van der Waals surface area contributed by atoms with Gasteiger partial charge >= 0.3 is 0 Å². The van der Waals surface area contributed by atoms with Crippen LogP contribution in [0.5, 0.6) is 5.75 Å². The second kappa shape index (κ2) is 20.7. The van der Waals surface area contributed by atoms with E-state index in [-0.39, 0.29) is 41.7 Å². The minimum atomic E-state index is -2.94. The predicted molar refractivity (Wildman–Crippen MR) is 274 cm³/mol. The maximum Gasteiger partial charge on any atom is 0.234 e. The van der Waals surface area contributed by atoms with E-state index in [4.69, 9.17) is 9.72 Å². The van der Waals surface area contributed by atoms with E-state index in [0.29, 0.717) is 88.9 Å². The summed E-state index contributed by atoms with van der Waals surface area (Å²) < 4.78 is 66.4. The highest BCUT2D eigenvalue weighted by Gasteiger charge is 2.37. The van der Waals surface area contributed by atoms with E-state index < -0.39 is 42.3 Å². The Morgan fingerprint density at radius 2 is 1.58 bits per heavy atom. The van der Waals surface area contributed by atoms with E-state index in [1.807, 2.05) is 22.8 Å². The Labute approximate surface area is 419 Å². The first-order valence-electron chi connectivity index (χ1n) is 24.3. The SMILES string of the molecule is CCc1ccc2c(P(C)(C)=O)c(Nc3nc(Nc4cc(CC)c(N5CCC(N6CCN(C(=O)[C@@H]7CCN(c8cc(F)c([C@H]9CCC(=O)NC9=O)c(F)c8)C7)CC6)CC5)cc4OC)ncc3Br)cc(F)c2n1. The largest absolute Gasteiger partial charge is 0.494 e. The van der Waals surface area contributed by atoms with Gasteiger partial charge in [-0.25, -0.2) is 23.1 Å². The van der Waals surface area contributed by atoms with Crippen LogP contribution in [0.3, 0.4) is 0 Å². The Hall–Kier alpha value is -5.78. The number of carbonyl (C=O) groups excluding carboxylic acids is 3. The van der Waals surface area contributed by atoms with E-state index in [1.54, 1.807) is 32.7 Å². The third kappa shape index (κ3) is 10.5. The van der Waals surface area contributed by atoms with E-state index in [9.17, 15) is 18.9 Å². The van der Waals surface area contributed by atoms with E-state index in [1.165, 1.54) is 18.2 Å². The second-order valence-corrected chi connectivity index (χ2v) is 23.2. The van der Waals surface area contributed by atoms with E-state index in [2.05, 4.69) is 70.7 Å². The fourth-order valence-corrected chi connectivity index (χ4v) is 12.4. The van der Waals surface area contributed by atoms with E-state index in [0.717, 1.165) is 62.4 Å². The van der Waals surface area contributed by atoms with Crippen LogP contribution in [0.1, 0.15) is 68.7 Å². The van der Waals surface area contributed by atoms with Crippen LogP contribution in [-0.2, 0) is 31.8 Å². The van der Waals surface area contributed by atoms with Gasteiger partial charge in [-0.05, 0) is 97.6 Å². The molecule has 4 fully saturated rings. The zero-order valence-electron chi connectivity index (χ0n) is 40.6.